The molecule has 2 N–H and O–H groups in total. The average molecular weight is 244 g/mol. The Bertz CT molecular complexity index is 318. The second-order valence-electron chi connectivity index (χ2n) is 4.27. The van der Waals surface area contributed by atoms with Crippen molar-refractivity contribution in [3.63, 3.8) is 0 Å². The van der Waals surface area contributed by atoms with E-state index in [1.165, 1.54) is 0 Å². The van der Waals surface area contributed by atoms with E-state index in [1.54, 1.807) is 6.26 Å². The minimum Gasteiger partial charge on any atom is -0.468 e. The molecule has 1 aliphatic rings. The number of furan rings is 1. The highest BCUT2D eigenvalue weighted by molar-refractivity contribution is 9.10. The summed E-state index contributed by atoms with van der Waals surface area (Å²) in [4.78, 5) is 0. The maximum atomic E-state index is 5.70. The van der Waals surface area contributed by atoms with Crippen LogP contribution in [-0.2, 0) is 0 Å². The van der Waals surface area contributed by atoms with Gasteiger partial charge in [0.1, 0.15) is 5.76 Å². The molecule has 0 bridgehead atoms. The van der Waals surface area contributed by atoms with Crippen LogP contribution >= 0.6 is 15.9 Å². The molecule has 0 radical (unpaired) electrons. The van der Waals surface area contributed by atoms with Gasteiger partial charge in [0.2, 0.25) is 0 Å². The summed E-state index contributed by atoms with van der Waals surface area (Å²) < 4.78 is 6.52. The van der Waals surface area contributed by atoms with Crippen molar-refractivity contribution in [1.29, 1.82) is 0 Å². The molecule has 2 atom stereocenters. The van der Waals surface area contributed by atoms with E-state index in [1.807, 2.05) is 6.07 Å². The van der Waals surface area contributed by atoms with Crippen LogP contribution < -0.4 is 5.73 Å². The van der Waals surface area contributed by atoms with Crippen LogP contribution in [0.15, 0.2) is 21.2 Å². The third-order valence-electron chi connectivity index (χ3n) is 3.23. The van der Waals surface area contributed by atoms with Gasteiger partial charge in [0.05, 0.1) is 10.7 Å². The number of hydrogen-bond acceptors (Lipinski definition) is 2. The Balaban J connectivity index is 2.26. The Morgan fingerprint density at radius 3 is 2.69 bits per heavy atom. The summed E-state index contributed by atoms with van der Waals surface area (Å²) in [6, 6.07) is 1.94. The molecule has 2 unspecified atom stereocenters. The monoisotopic (exact) mass is 243 g/mol. The van der Waals surface area contributed by atoms with Crippen LogP contribution in [0.25, 0.3) is 0 Å². The first-order valence-corrected chi connectivity index (χ1v) is 5.31. The molecule has 1 aromatic heterocycles. The lowest BCUT2D eigenvalue weighted by Gasteiger charge is -1.99. The number of nitrogens with two attached hydrogens (primary N) is 1. The van der Waals surface area contributed by atoms with E-state index in [9.17, 15) is 0 Å². The van der Waals surface area contributed by atoms with Crippen molar-refractivity contribution in [2.75, 3.05) is 6.54 Å². The van der Waals surface area contributed by atoms with Crippen molar-refractivity contribution in [2.45, 2.75) is 19.8 Å². The first-order valence-electron chi connectivity index (χ1n) is 4.52. The average Bonchev–Trinajstić information content (AvgIpc) is 2.41. The summed E-state index contributed by atoms with van der Waals surface area (Å²) in [5, 5.41) is 0. The summed E-state index contributed by atoms with van der Waals surface area (Å²) in [6.07, 6.45) is 1.72. The Morgan fingerprint density at radius 2 is 2.31 bits per heavy atom. The highest BCUT2D eigenvalue weighted by atomic mass is 79.9. The lowest BCUT2D eigenvalue weighted by Crippen LogP contribution is -2.05. The molecule has 0 aliphatic heterocycles. The third-order valence-corrected chi connectivity index (χ3v) is 3.89. The lowest BCUT2D eigenvalue weighted by atomic mass is 10.1. The SMILES string of the molecule is CC1(C)C(CN)C1c1occc1Br. The normalized spacial score (nSPS) is 30.5. The van der Waals surface area contributed by atoms with Gasteiger partial charge in [-0.15, -0.1) is 0 Å². The maximum absolute atomic E-state index is 5.70. The van der Waals surface area contributed by atoms with Crippen LogP contribution in [0.4, 0.5) is 0 Å². The van der Waals surface area contributed by atoms with Crippen LogP contribution in [0.1, 0.15) is 25.5 Å². The van der Waals surface area contributed by atoms with Gasteiger partial charge in [0, 0.05) is 5.92 Å². The Kier molecular flexibility index (Phi) is 2.04. The van der Waals surface area contributed by atoms with E-state index >= 15 is 0 Å². The molecule has 0 aromatic carbocycles. The zero-order valence-corrected chi connectivity index (χ0v) is 9.47. The molecule has 2 nitrogen and oxygen atoms in total. The zero-order chi connectivity index (χ0) is 9.64. The van der Waals surface area contributed by atoms with Crippen molar-refractivity contribution >= 4 is 15.9 Å². The number of halogens is 1. The van der Waals surface area contributed by atoms with Crippen molar-refractivity contribution in [3.05, 3.63) is 22.6 Å². The molecule has 13 heavy (non-hydrogen) atoms. The zero-order valence-electron chi connectivity index (χ0n) is 7.88. The van der Waals surface area contributed by atoms with Gasteiger partial charge in [-0.2, -0.15) is 0 Å². The second kappa shape index (κ2) is 2.85. The second-order valence-corrected chi connectivity index (χ2v) is 5.13. The quantitative estimate of drug-likeness (QED) is 0.868. The van der Waals surface area contributed by atoms with Gasteiger partial charge in [0.25, 0.3) is 0 Å². The predicted octanol–water partition coefficient (Wildman–Crippen LogP) is 2.74. The lowest BCUT2D eigenvalue weighted by molar-refractivity contribution is 0.479. The molecule has 2 rings (SSSR count). The number of rotatable bonds is 2. The summed E-state index contributed by atoms with van der Waals surface area (Å²) in [6.45, 7) is 5.22. The predicted molar refractivity (Wildman–Crippen MR) is 55.5 cm³/mol. The van der Waals surface area contributed by atoms with Gasteiger partial charge in [-0.3, -0.25) is 0 Å². The molecule has 1 heterocycles. The van der Waals surface area contributed by atoms with E-state index in [0.717, 1.165) is 16.8 Å². The van der Waals surface area contributed by atoms with E-state index in [4.69, 9.17) is 10.2 Å². The van der Waals surface area contributed by atoms with Gasteiger partial charge in [-0.1, -0.05) is 13.8 Å². The molecule has 0 spiro atoms. The van der Waals surface area contributed by atoms with E-state index in [0.29, 0.717) is 17.3 Å². The largest absolute Gasteiger partial charge is 0.468 e. The van der Waals surface area contributed by atoms with Gasteiger partial charge in [0.15, 0.2) is 0 Å². The van der Waals surface area contributed by atoms with Crippen molar-refractivity contribution in [2.24, 2.45) is 17.1 Å². The van der Waals surface area contributed by atoms with Crippen molar-refractivity contribution in [3.8, 4) is 0 Å². The fourth-order valence-corrected chi connectivity index (χ4v) is 2.68. The fourth-order valence-electron chi connectivity index (χ4n) is 2.23. The summed E-state index contributed by atoms with van der Waals surface area (Å²) in [5.41, 5.74) is 6.00. The third kappa shape index (κ3) is 1.25. The molecule has 1 saturated carbocycles. The van der Waals surface area contributed by atoms with Gasteiger partial charge < -0.3 is 10.2 Å². The van der Waals surface area contributed by atoms with Crippen molar-refractivity contribution < 1.29 is 4.42 Å². The Morgan fingerprint density at radius 1 is 1.62 bits per heavy atom. The van der Waals surface area contributed by atoms with Crippen molar-refractivity contribution in [1.82, 2.24) is 0 Å². The fraction of sp³-hybridized carbons (Fsp3) is 0.600. The molecule has 3 heteroatoms. The first kappa shape index (κ1) is 9.28. The van der Waals surface area contributed by atoms with Crippen LogP contribution in [-0.4, -0.2) is 6.54 Å². The van der Waals surface area contributed by atoms with Gasteiger partial charge in [-0.25, -0.2) is 0 Å². The van der Waals surface area contributed by atoms with Crippen LogP contribution in [0.5, 0.6) is 0 Å². The molecule has 72 valence electrons. The molecular formula is C10H14BrNO. The molecule has 1 fully saturated rings. The summed E-state index contributed by atoms with van der Waals surface area (Å²) in [5.74, 6) is 2.11. The van der Waals surface area contributed by atoms with Gasteiger partial charge in [-0.05, 0) is 39.9 Å². The first-order chi connectivity index (χ1) is 6.09. The Hall–Kier alpha value is -0.280. The molecule has 1 aliphatic carbocycles. The van der Waals surface area contributed by atoms with Crippen LogP contribution in [0.2, 0.25) is 0 Å². The van der Waals surface area contributed by atoms with Crippen LogP contribution in [0, 0.1) is 11.3 Å². The van der Waals surface area contributed by atoms with Gasteiger partial charge >= 0.3 is 0 Å². The minimum atomic E-state index is 0.301. The highest BCUT2D eigenvalue weighted by Crippen LogP contribution is 2.64. The van der Waals surface area contributed by atoms with Crippen LogP contribution in [0.3, 0.4) is 0 Å². The molecular weight excluding hydrogens is 230 g/mol. The summed E-state index contributed by atoms with van der Waals surface area (Å²) in [7, 11) is 0. The standard InChI is InChI=1S/C10H14BrNO/c1-10(2)6(5-12)8(10)9-7(11)3-4-13-9/h3-4,6,8H,5,12H2,1-2H3. The smallest absolute Gasteiger partial charge is 0.121 e. The summed E-state index contributed by atoms with van der Waals surface area (Å²) >= 11 is 3.48. The van der Waals surface area contributed by atoms with E-state index in [2.05, 4.69) is 29.8 Å². The topological polar surface area (TPSA) is 39.2 Å². The maximum Gasteiger partial charge on any atom is 0.121 e. The molecule has 0 amide bonds. The molecule has 0 saturated heterocycles. The number of hydrogen-bond donors (Lipinski definition) is 1. The van der Waals surface area contributed by atoms with E-state index in [-0.39, 0.29) is 0 Å². The van der Waals surface area contributed by atoms with E-state index < -0.39 is 0 Å². The minimum absolute atomic E-state index is 0.301. The molecule has 1 aromatic rings. The highest BCUT2D eigenvalue weighted by Gasteiger charge is 2.59. The Labute approximate surface area is 86.6 Å².